The number of carbonyl (C=O) groups is 1. The van der Waals surface area contributed by atoms with Crippen LogP contribution in [0.15, 0.2) is 35.2 Å². The summed E-state index contributed by atoms with van der Waals surface area (Å²) in [6, 6.07) is 8.24. The Morgan fingerprint density at radius 3 is 2.39 bits per heavy atom. The largest absolute Gasteiger partial charge is 0.339 e. The molecule has 1 amide bonds. The van der Waals surface area contributed by atoms with Gasteiger partial charge in [0, 0.05) is 18.1 Å². The van der Waals surface area contributed by atoms with Gasteiger partial charge in [-0.3, -0.25) is 9.52 Å². The number of rotatable bonds is 4. The maximum Gasteiger partial charge on any atom is 0.263 e. The maximum absolute atomic E-state index is 13.1. The monoisotopic (exact) mass is 440 g/mol. The average Bonchev–Trinajstić information content (AvgIpc) is 2.67. The number of benzene rings is 2. The quantitative estimate of drug-likeness (QED) is 0.723. The van der Waals surface area contributed by atoms with Crippen LogP contribution in [0.25, 0.3) is 0 Å². The second-order valence-corrected chi connectivity index (χ2v) is 9.35. The molecule has 1 aliphatic rings. The van der Waals surface area contributed by atoms with Crippen LogP contribution in [-0.2, 0) is 10.0 Å². The third-order valence-corrected chi connectivity index (χ3v) is 7.43. The van der Waals surface area contributed by atoms with Crippen LogP contribution in [0.3, 0.4) is 0 Å². The number of piperidine rings is 1. The first-order chi connectivity index (χ1) is 13.2. The first-order valence-electron chi connectivity index (χ1n) is 9.08. The first-order valence-corrected chi connectivity index (χ1v) is 11.3. The number of amides is 1. The topological polar surface area (TPSA) is 66.5 Å². The van der Waals surface area contributed by atoms with E-state index in [-0.39, 0.29) is 21.5 Å². The molecule has 0 unspecified atom stereocenters. The molecule has 0 saturated carbocycles. The highest BCUT2D eigenvalue weighted by molar-refractivity contribution is 7.93. The number of hydrogen-bond acceptors (Lipinski definition) is 3. The zero-order chi connectivity index (χ0) is 20.5. The number of nitrogens with one attached hydrogen (secondary N) is 1. The molecule has 1 saturated heterocycles. The van der Waals surface area contributed by atoms with Crippen molar-refractivity contribution in [1.29, 1.82) is 0 Å². The molecule has 1 N–H and O–H groups in total. The van der Waals surface area contributed by atoms with Crippen molar-refractivity contribution in [2.75, 3.05) is 17.8 Å². The predicted octanol–water partition coefficient (Wildman–Crippen LogP) is 5.04. The number of para-hydroxylation sites is 1. The minimum absolute atomic E-state index is 0.0700. The van der Waals surface area contributed by atoms with E-state index in [4.69, 9.17) is 23.2 Å². The number of aryl methyl sites for hydroxylation is 1. The van der Waals surface area contributed by atoms with E-state index in [1.54, 1.807) is 49.1 Å². The molecular weight excluding hydrogens is 419 g/mol. The SMILES string of the molecule is Cc1cc(Cl)c(C)c(S(=O)(=O)Nc2ccccc2C(=O)N2CCCCC2)c1Cl. The van der Waals surface area contributed by atoms with Gasteiger partial charge < -0.3 is 4.90 Å². The van der Waals surface area contributed by atoms with Crippen molar-refractivity contribution in [2.45, 2.75) is 38.0 Å². The summed E-state index contributed by atoms with van der Waals surface area (Å²) in [5.41, 5.74) is 1.48. The van der Waals surface area contributed by atoms with E-state index in [9.17, 15) is 13.2 Å². The lowest BCUT2D eigenvalue weighted by Gasteiger charge is -2.27. The van der Waals surface area contributed by atoms with Crippen LogP contribution >= 0.6 is 23.2 Å². The lowest BCUT2D eigenvalue weighted by Crippen LogP contribution is -2.36. The Bertz CT molecular complexity index is 990. The summed E-state index contributed by atoms with van der Waals surface area (Å²) in [6.45, 7) is 4.66. The standard InChI is InChI=1S/C20H22Cl2N2O3S/c1-13-12-16(21)14(2)19(18(13)22)28(26,27)23-17-9-5-4-8-15(17)20(25)24-10-6-3-7-11-24/h4-5,8-9,12,23H,3,6-7,10-11H2,1-2H3. The first kappa shape index (κ1) is 21.0. The Kier molecular flexibility index (Phi) is 6.22. The van der Waals surface area contributed by atoms with Gasteiger partial charge in [-0.15, -0.1) is 0 Å². The Balaban J connectivity index is 2.00. The molecule has 0 radical (unpaired) electrons. The second-order valence-electron chi connectivity index (χ2n) is 6.95. The van der Waals surface area contributed by atoms with Gasteiger partial charge in [-0.05, 0) is 62.4 Å². The van der Waals surface area contributed by atoms with E-state index >= 15 is 0 Å². The normalized spacial score (nSPS) is 14.8. The van der Waals surface area contributed by atoms with Gasteiger partial charge >= 0.3 is 0 Å². The van der Waals surface area contributed by atoms with Crippen molar-refractivity contribution in [2.24, 2.45) is 0 Å². The van der Waals surface area contributed by atoms with Crippen LogP contribution in [0.5, 0.6) is 0 Å². The summed E-state index contributed by atoms with van der Waals surface area (Å²) >= 11 is 12.5. The molecule has 1 aliphatic heterocycles. The minimum atomic E-state index is -4.04. The molecule has 0 bridgehead atoms. The molecule has 0 aliphatic carbocycles. The minimum Gasteiger partial charge on any atom is -0.339 e. The number of likely N-dealkylation sites (tertiary alicyclic amines) is 1. The highest BCUT2D eigenvalue weighted by Gasteiger charge is 2.27. The van der Waals surface area contributed by atoms with E-state index in [0.29, 0.717) is 34.8 Å². The number of nitrogens with zero attached hydrogens (tertiary/aromatic N) is 1. The van der Waals surface area contributed by atoms with Crippen LogP contribution in [-0.4, -0.2) is 32.3 Å². The maximum atomic E-state index is 13.1. The molecule has 2 aromatic carbocycles. The Labute approximate surface area is 175 Å². The lowest BCUT2D eigenvalue weighted by molar-refractivity contribution is 0.0725. The predicted molar refractivity (Wildman–Crippen MR) is 113 cm³/mol. The smallest absolute Gasteiger partial charge is 0.263 e. The summed E-state index contributed by atoms with van der Waals surface area (Å²) in [7, 11) is -4.04. The Morgan fingerprint density at radius 1 is 1.07 bits per heavy atom. The number of carbonyl (C=O) groups excluding carboxylic acids is 1. The van der Waals surface area contributed by atoms with Gasteiger partial charge in [0.15, 0.2) is 0 Å². The lowest BCUT2D eigenvalue weighted by atomic mass is 10.1. The van der Waals surface area contributed by atoms with Crippen molar-refractivity contribution in [3.63, 3.8) is 0 Å². The molecule has 1 fully saturated rings. The molecule has 8 heteroatoms. The summed E-state index contributed by atoms with van der Waals surface area (Å²) in [6.07, 6.45) is 3.01. The van der Waals surface area contributed by atoms with Gasteiger partial charge in [-0.25, -0.2) is 8.42 Å². The van der Waals surface area contributed by atoms with E-state index in [1.165, 1.54) is 0 Å². The van der Waals surface area contributed by atoms with Gasteiger partial charge in [0.05, 0.1) is 16.3 Å². The molecule has 150 valence electrons. The highest BCUT2D eigenvalue weighted by atomic mass is 35.5. The third-order valence-electron chi connectivity index (χ3n) is 4.90. The van der Waals surface area contributed by atoms with Gasteiger partial charge in [0.1, 0.15) is 4.90 Å². The van der Waals surface area contributed by atoms with Crippen LogP contribution in [0.1, 0.15) is 40.7 Å². The summed E-state index contributed by atoms with van der Waals surface area (Å²) in [5, 5.41) is 0.439. The Hall–Kier alpha value is -1.76. The van der Waals surface area contributed by atoms with E-state index in [2.05, 4.69) is 4.72 Å². The zero-order valence-corrected chi connectivity index (χ0v) is 18.1. The second kappa shape index (κ2) is 8.31. The molecule has 1 heterocycles. The molecule has 3 rings (SSSR count). The van der Waals surface area contributed by atoms with Gasteiger partial charge in [0.25, 0.3) is 15.9 Å². The molecule has 28 heavy (non-hydrogen) atoms. The highest BCUT2D eigenvalue weighted by Crippen LogP contribution is 2.35. The fourth-order valence-corrected chi connectivity index (χ4v) is 5.65. The summed E-state index contributed by atoms with van der Waals surface area (Å²) in [4.78, 5) is 14.6. The Morgan fingerprint density at radius 2 is 1.71 bits per heavy atom. The fraction of sp³-hybridized carbons (Fsp3) is 0.350. The van der Waals surface area contributed by atoms with Crippen LogP contribution in [0, 0.1) is 13.8 Å². The molecular formula is C20H22Cl2N2O3S. The van der Waals surface area contributed by atoms with Crippen LogP contribution in [0.2, 0.25) is 10.0 Å². The fourth-order valence-electron chi connectivity index (χ4n) is 3.36. The molecule has 0 atom stereocenters. The number of halogens is 2. The van der Waals surface area contributed by atoms with Gasteiger partial charge in [0.2, 0.25) is 0 Å². The van der Waals surface area contributed by atoms with Crippen molar-refractivity contribution < 1.29 is 13.2 Å². The van der Waals surface area contributed by atoms with E-state index < -0.39 is 10.0 Å². The van der Waals surface area contributed by atoms with Crippen molar-refractivity contribution >= 4 is 44.8 Å². The average molecular weight is 441 g/mol. The summed E-state index contributed by atoms with van der Waals surface area (Å²) < 4.78 is 28.8. The van der Waals surface area contributed by atoms with E-state index in [1.807, 2.05) is 0 Å². The van der Waals surface area contributed by atoms with Crippen molar-refractivity contribution in [3.8, 4) is 0 Å². The number of sulfonamides is 1. The number of hydrogen-bond donors (Lipinski definition) is 1. The zero-order valence-electron chi connectivity index (χ0n) is 15.8. The van der Waals surface area contributed by atoms with Gasteiger partial charge in [-0.1, -0.05) is 35.3 Å². The molecule has 0 aromatic heterocycles. The van der Waals surface area contributed by atoms with E-state index in [0.717, 1.165) is 19.3 Å². The molecule has 2 aromatic rings. The number of anilines is 1. The third kappa shape index (κ3) is 4.14. The van der Waals surface area contributed by atoms with Crippen LogP contribution in [0.4, 0.5) is 5.69 Å². The van der Waals surface area contributed by atoms with Crippen molar-refractivity contribution in [1.82, 2.24) is 4.90 Å². The van der Waals surface area contributed by atoms with Gasteiger partial charge in [-0.2, -0.15) is 0 Å². The molecule has 5 nitrogen and oxygen atoms in total. The summed E-state index contributed by atoms with van der Waals surface area (Å²) in [5.74, 6) is -0.178. The molecule has 0 spiro atoms. The van der Waals surface area contributed by atoms with Crippen LogP contribution < -0.4 is 4.72 Å². The van der Waals surface area contributed by atoms with Crippen molar-refractivity contribution in [3.05, 3.63) is 57.1 Å².